The van der Waals surface area contributed by atoms with Crippen molar-refractivity contribution in [3.63, 3.8) is 0 Å². The Labute approximate surface area is 239 Å². The second-order valence-electron chi connectivity index (χ2n) is 9.54. The Morgan fingerprint density at radius 2 is 1.90 bits per heavy atom. The summed E-state index contributed by atoms with van der Waals surface area (Å²) in [5.74, 6) is 0.693. The number of esters is 1. The minimum atomic E-state index is -0.689. The Bertz CT molecular complexity index is 2010. The number of hydrogen-bond acceptors (Lipinski definition) is 6. The van der Waals surface area contributed by atoms with Crippen molar-refractivity contribution in [1.82, 2.24) is 4.57 Å². The molecule has 0 saturated carbocycles. The number of rotatable bonds is 5. The van der Waals surface area contributed by atoms with Gasteiger partial charge in [-0.15, -0.1) is 0 Å². The normalized spacial score (nSPS) is 15.3. The third-order valence-electron chi connectivity index (χ3n) is 6.99. The second-order valence-corrected chi connectivity index (χ2v) is 11.0. The van der Waals surface area contributed by atoms with E-state index in [0.29, 0.717) is 37.1 Å². The maximum Gasteiger partial charge on any atom is 0.338 e. The van der Waals surface area contributed by atoms with Gasteiger partial charge in [0, 0.05) is 16.7 Å². The highest BCUT2D eigenvalue weighted by molar-refractivity contribution is 7.07. The lowest BCUT2D eigenvalue weighted by Gasteiger charge is -2.25. The fourth-order valence-electron chi connectivity index (χ4n) is 5.04. The van der Waals surface area contributed by atoms with Crippen LogP contribution in [0.3, 0.4) is 0 Å². The standard InChI is InChI=1S/C32H25ClN2O4S/c1-4-38-31(37)28-19(3)34-32-35(29(28)24-11-7-9-20-8-5-6-10-23(20)24)30(36)27(40-32)17-22-14-15-26(39-22)21-13-12-18(2)25(33)16-21/h5-17,29H,4H2,1-3H3/b27-17+/t29-/m1/s1. The fourth-order valence-corrected chi connectivity index (χ4v) is 6.24. The second kappa shape index (κ2) is 10.4. The molecule has 200 valence electrons. The zero-order valence-electron chi connectivity index (χ0n) is 22.1. The number of fused-ring (bicyclic) bond motifs is 2. The van der Waals surface area contributed by atoms with E-state index in [0.717, 1.165) is 27.5 Å². The van der Waals surface area contributed by atoms with Crippen molar-refractivity contribution in [3.8, 4) is 11.3 Å². The van der Waals surface area contributed by atoms with Gasteiger partial charge in [0.1, 0.15) is 11.5 Å². The molecule has 2 aromatic heterocycles. The molecule has 1 aliphatic rings. The molecule has 0 unspecified atom stereocenters. The van der Waals surface area contributed by atoms with Crippen molar-refractivity contribution in [3.05, 3.63) is 126 Å². The highest BCUT2D eigenvalue weighted by Gasteiger charge is 2.34. The van der Waals surface area contributed by atoms with Gasteiger partial charge >= 0.3 is 5.97 Å². The van der Waals surface area contributed by atoms with Crippen molar-refractivity contribution in [2.45, 2.75) is 26.8 Å². The number of ether oxygens (including phenoxy) is 1. The molecule has 3 aromatic carbocycles. The van der Waals surface area contributed by atoms with Gasteiger partial charge in [0.15, 0.2) is 4.80 Å². The molecule has 6 rings (SSSR count). The van der Waals surface area contributed by atoms with Crippen LogP contribution in [0.4, 0.5) is 0 Å². The number of aryl methyl sites for hydroxylation is 1. The predicted octanol–water partition coefficient (Wildman–Crippen LogP) is 6.17. The van der Waals surface area contributed by atoms with Gasteiger partial charge < -0.3 is 9.15 Å². The van der Waals surface area contributed by atoms with Crippen molar-refractivity contribution in [2.24, 2.45) is 4.99 Å². The van der Waals surface area contributed by atoms with E-state index in [1.54, 1.807) is 24.5 Å². The van der Waals surface area contributed by atoms with E-state index in [-0.39, 0.29) is 12.2 Å². The van der Waals surface area contributed by atoms with Crippen LogP contribution >= 0.6 is 22.9 Å². The van der Waals surface area contributed by atoms with Crippen LogP contribution < -0.4 is 14.9 Å². The average molecular weight is 569 g/mol. The summed E-state index contributed by atoms with van der Waals surface area (Å²) in [6, 6.07) is 22.6. The van der Waals surface area contributed by atoms with E-state index in [4.69, 9.17) is 20.8 Å². The third-order valence-corrected chi connectivity index (χ3v) is 8.38. The number of halogens is 1. The monoisotopic (exact) mass is 568 g/mol. The van der Waals surface area contributed by atoms with E-state index >= 15 is 0 Å². The molecule has 3 heterocycles. The molecule has 0 bridgehead atoms. The molecule has 0 spiro atoms. The number of furan rings is 1. The summed E-state index contributed by atoms with van der Waals surface area (Å²) < 4.78 is 13.5. The van der Waals surface area contributed by atoms with Gasteiger partial charge in [-0.3, -0.25) is 9.36 Å². The van der Waals surface area contributed by atoms with E-state index in [1.165, 1.54) is 11.3 Å². The van der Waals surface area contributed by atoms with Gasteiger partial charge in [0.25, 0.3) is 5.56 Å². The van der Waals surface area contributed by atoms with Crippen LogP contribution in [0.5, 0.6) is 0 Å². The molecule has 0 N–H and O–H groups in total. The van der Waals surface area contributed by atoms with Crippen LogP contribution in [-0.4, -0.2) is 17.1 Å². The lowest BCUT2D eigenvalue weighted by Crippen LogP contribution is -2.40. The summed E-state index contributed by atoms with van der Waals surface area (Å²) in [6.07, 6.45) is 1.71. The lowest BCUT2D eigenvalue weighted by molar-refractivity contribution is -0.139. The maximum atomic E-state index is 14.0. The first kappa shape index (κ1) is 26.0. The van der Waals surface area contributed by atoms with E-state index in [1.807, 2.05) is 79.7 Å². The Balaban J connectivity index is 1.52. The molecule has 5 aromatic rings. The molecule has 8 heteroatoms. The number of hydrogen-bond donors (Lipinski definition) is 0. The van der Waals surface area contributed by atoms with Crippen LogP contribution in [0, 0.1) is 6.92 Å². The largest absolute Gasteiger partial charge is 0.463 e. The SMILES string of the molecule is CCOC(=O)C1=C(C)N=c2s/c(=C/c3ccc(-c4ccc(C)c(Cl)c4)o3)c(=O)n2[C@@H]1c1cccc2ccccc12. The first-order valence-electron chi connectivity index (χ1n) is 12.9. The summed E-state index contributed by atoms with van der Waals surface area (Å²) in [4.78, 5) is 32.4. The van der Waals surface area contributed by atoms with Crippen LogP contribution in [0.2, 0.25) is 5.02 Å². The number of aromatic nitrogens is 1. The fraction of sp³-hybridized carbons (Fsp3) is 0.156. The molecule has 0 radical (unpaired) electrons. The quantitative estimate of drug-likeness (QED) is 0.238. The minimum absolute atomic E-state index is 0.218. The first-order valence-corrected chi connectivity index (χ1v) is 14.1. The molecular weight excluding hydrogens is 544 g/mol. The van der Waals surface area contributed by atoms with Gasteiger partial charge in [-0.2, -0.15) is 0 Å². The number of allylic oxidation sites excluding steroid dienone is 1. The van der Waals surface area contributed by atoms with Crippen molar-refractivity contribution in [1.29, 1.82) is 0 Å². The number of thiazole rings is 1. The smallest absolute Gasteiger partial charge is 0.338 e. The van der Waals surface area contributed by atoms with Gasteiger partial charge in [-0.1, -0.05) is 77.5 Å². The molecule has 40 heavy (non-hydrogen) atoms. The zero-order chi connectivity index (χ0) is 28.0. The molecule has 0 fully saturated rings. The topological polar surface area (TPSA) is 73.8 Å². The summed E-state index contributed by atoms with van der Waals surface area (Å²) in [5.41, 5.74) is 3.29. The predicted molar refractivity (Wildman–Crippen MR) is 158 cm³/mol. The number of carbonyl (C=O) groups is 1. The highest BCUT2D eigenvalue weighted by Crippen LogP contribution is 2.35. The minimum Gasteiger partial charge on any atom is -0.463 e. The van der Waals surface area contributed by atoms with Gasteiger partial charge in [-0.05, 0) is 60.9 Å². The first-order chi connectivity index (χ1) is 19.4. The number of nitrogens with zero attached hydrogens (tertiary/aromatic N) is 2. The number of carbonyl (C=O) groups excluding carboxylic acids is 1. The Kier molecular flexibility index (Phi) is 6.78. The van der Waals surface area contributed by atoms with Crippen molar-refractivity contribution in [2.75, 3.05) is 6.61 Å². The van der Waals surface area contributed by atoms with Crippen LogP contribution in [-0.2, 0) is 9.53 Å². The Morgan fingerprint density at radius 1 is 1.10 bits per heavy atom. The van der Waals surface area contributed by atoms with E-state index < -0.39 is 12.0 Å². The molecule has 0 saturated heterocycles. The third kappa shape index (κ3) is 4.51. The zero-order valence-corrected chi connectivity index (χ0v) is 23.7. The van der Waals surface area contributed by atoms with E-state index in [2.05, 4.69) is 4.99 Å². The van der Waals surface area contributed by atoms with Crippen molar-refractivity contribution < 1.29 is 13.9 Å². The van der Waals surface area contributed by atoms with Crippen molar-refractivity contribution >= 4 is 45.8 Å². The van der Waals surface area contributed by atoms with Crippen LogP contribution in [0.1, 0.15) is 36.8 Å². The molecule has 1 aliphatic heterocycles. The molecular formula is C32H25ClN2O4S. The molecule has 6 nitrogen and oxygen atoms in total. The van der Waals surface area contributed by atoms with E-state index in [9.17, 15) is 9.59 Å². The summed E-state index contributed by atoms with van der Waals surface area (Å²) >= 11 is 7.57. The lowest BCUT2D eigenvalue weighted by atomic mass is 9.91. The highest BCUT2D eigenvalue weighted by atomic mass is 35.5. The van der Waals surface area contributed by atoms with Gasteiger partial charge in [0.05, 0.1) is 28.5 Å². The summed E-state index contributed by atoms with van der Waals surface area (Å²) in [5, 5.41) is 2.62. The van der Waals surface area contributed by atoms with Gasteiger partial charge in [-0.25, -0.2) is 9.79 Å². The van der Waals surface area contributed by atoms with Gasteiger partial charge in [0.2, 0.25) is 0 Å². The Morgan fingerprint density at radius 3 is 2.70 bits per heavy atom. The van der Waals surface area contributed by atoms with Crippen LogP contribution in [0.25, 0.3) is 28.2 Å². The maximum absolute atomic E-state index is 14.0. The molecule has 1 atom stereocenters. The molecule has 0 amide bonds. The summed E-state index contributed by atoms with van der Waals surface area (Å²) in [7, 11) is 0. The van der Waals surface area contributed by atoms with Crippen LogP contribution in [0.15, 0.2) is 98.3 Å². The number of benzene rings is 3. The Hall–Kier alpha value is -4.20. The molecule has 0 aliphatic carbocycles. The summed E-state index contributed by atoms with van der Waals surface area (Å²) in [6.45, 7) is 5.71. The average Bonchev–Trinajstić information content (AvgIpc) is 3.53.